The Bertz CT molecular complexity index is 1010. The lowest BCUT2D eigenvalue weighted by molar-refractivity contribution is -0.384. The first kappa shape index (κ1) is 18.5. The van der Waals surface area contributed by atoms with Crippen molar-refractivity contribution in [2.45, 2.75) is 19.8 Å². The van der Waals surface area contributed by atoms with Gasteiger partial charge < -0.3 is 9.30 Å². The van der Waals surface area contributed by atoms with Gasteiger partial charge in [0.25, 0.3) is 11.2 Å². The zero-order valence-electron chi connectivity index (χ0n) is 15.2. The lowest BCUT2D eigenvalue weighted by atomic mass is 9.76. The second-order valence-corrected chi connectivity index (χ2v) is 6.34. The van der Waals surface area contributed by atoms with Crippen LogP contribution in [0, 0.1) is 16.0 Å². The van der Waals surface area contributed by atoms with Gasteiger partial charge in [0.15, 0.2) is 0 Å². The monoisotopic (exact) mass is 369 g/mol. The third kappa shape index (κ3) is 3.25. The zero-order valence-corrected chi connectivity index (χ0v) is 15.2. The van der Waals surface area contributed by atoms with E-state index in [-0.39, 0.29) is 17.9 Å². The molecule has 8 heteroatoms. The van der Waals surface area contributed by atoms with Crippen molar-refractivity contribution in [3.8, 4) is 0 Å². The number of fused-ring (bicyclic) bond motifs is 1. The molecule has 2 atom stereocenters. The van der Waals surface area contributed by atoms with Gasteiger partial charge in [0.05, 0.1) is 22.8 Å². The number of nitrogens with zero attached hydrogens (tertiary/aromatic N) is 3. The zero-order chi connectivity index (χ0) is 19.7. The van der Waals surface area contributed by atoms with E-state index in [0.717, 1.165) is 0 Å². The summed E-state index contributed by atoms with van der Waals surface area (Å²) in [6.07, 6.45) is 1.60. The lowest BCUT2D eigenvalue weighted by Gasteiger charge is -2.30. The van der Waals surface area contributed by atoms with Gasteiger partial charge in [0, 0.05) is 37.0 Å². The van der Waals surface area contributed by atoms with Crippen LogP contribution in [0.5, 0.6) is 0 Å². The molecule has 27 heavy (non-hydrogen) atoms. The van der Waals surface area contributed by atoms with Gasteiger partial charge in [-0.3, -0.25) is 24.7 Å². The summed E-state index contributed by atoms with van der Waals surface area (Å²) in [7, 11) is 1.61. The fourth-order valence-electron chi connectivity index (χ4n) is 3.43. The van der Waals surface area contributed by atoms with Crippen LogP contribution in [-0.2, 0) is 16.6 Å². The Morgan fingerprint density at radius 3 is 2.78 bits per heavy atom. The maximum Gasteiger partial charge on any atom is 0.315 e. The van der Waals surface area contributed by atoms with Crippen molar-refractivity contribution in [3.63, 3.8) is 0 Å². The molecule has 1 aliphatic heterocycles. The minimum Gasteiger partial charge on any atom is -0.465 e. The molecule has 0 amide bonds. The Balaban J connectivity index is 2.28. The number of esters is 1. The number of aromatic nitrogens is 1. The number of hydrogen-bond acceptors (Lipinski definition) is 6. The number of hydrogen-bond donors (Lipinski definition) is 0. The molecule has 1 aliphatic rings. The minimum absolute atomic E-state index is 0.107. The first-order chi connectivity index (χ1) is 12.8. The Kier molecular flexibility index (Phi) is 4.89. The minimum atomic E-state index is -0.824. The van der Waals surface area contributed by atoms with E-state index in [0.29, 0.717) is 22.5 Å². The normalized spacial score (nSPS) is 18.4. The van der Waals surface area contributed by atoms with Crippen LogP contribution in [0.2, 0.25) is 0 Å². The molecule has 2 unspecified atom stereocenters. The van der Waals surface area contributed by atoms with Crippen LogP contribution in [-0.4, -0.2) is 27.8 Å². The molecule has 0 saturated carbocycles. The molecule has 0 bridgehead atoms. The number of non-ortho nitro benzene ring substituents is 1. The van der Waals surface area contributed by atoms with Crippen LogP contribution in [0.4, 0.5) is 11.4 Å². The van der Waals surface area contributed by atoms with Crippen LogP contribution >= 0.6 is 0 Å². The van der Waals surface area contributed by atoms with Crippen molar-refractivity contribution >= 4 is 23.1 Å². The molecule has 0 N–H and O–H groups in total. The van der Waals surface area contributed by atoms with E-state index in [4.69, 9.17) is 4.74 Å². The lowest BCUT2D eigenvalue weighted by Crippen LogP contribution is -2.37. The maximum absolute atomic E-state index is 12.9. The first-order valence-corrected chi connectivity index (χ1v) is 8.50. The van der Waals surface area contributed by atoms with Crippen LogP contribution in [0.15, 0.2) is 46.3 Å². The van der Waals surface area contributed by atoms with Gasteiger partial charge in [-0.15, -0.1) is 0 Å². The molecule has 3 rings (SSSR count). The van der Waals surface area contributed by atoms with Gasteiger partial charge in [-0.1, -0.05) is 12.1 Å². The molecule has 0 aliphatic carbocycles. The summed E-state index contributed by atoms with van der Waals surface area (Å²) in [5, 5.41) is 11.2. The number of pyridine rings is 1. The number of nitro groups is 1. The Hall–Kier alpha value is -3.29. The van der Waals surface area contributed by atoms with E-state index in [2.05, 4.69) is 4.99 Å². The molecule has 140 valence electrons. The number of aliphatic imine (C=N–C) groups is 1. The van der Waals surface area contributed by atoms with E-state index >= 15 is 0 Å². The van der Waals surface area contributed by atoms with E-state index in [1.54, 1.807) is 45.3 Å². The average Bonchev–Trinajstić information content (AvgIpc) is 2.64. The predicted octanol–water partition coefficient (Wildman–Crippen LogP) is 2.71. The van der Waals surface area contributed by atoms with Crippen LogP contribution in [0.25, 0.3) is 0 Å². The van der Waals surface area contributed by atoms with Crippen molar-refractivity contribution < 1.29 is 14.5 Å². The van der Waals surface area contributed by atoms with Gasteiger partial charge in [-0.05, 0) is 25.5 Å². The van der Waals surface area contributed by atoms with Gasteiger partial charge in [-0.2, -0.15) is 0 Å². The Morgan fingerprint density at radius 1 is 1.37 bits per heavy atom. The van der Waals surface area contributed by atoms with Crippen molar-refractivity contribution in [1.29, 1.82) is 0 Å². The molecule has 8 nitrogen and oxygen atoms in total. The molecule has 2 heterocycles. The average molecular weight is 369 g/mol. The summed E-state index contributed by atoms with van der Waals surface area (Å²) in [6.45, 7) is 3.58. The standard InChI is InChI=1S/C19H19N3O5/c1-4-27-19(24)15-11(2)20-14-8-9-21(3)18(23)17(14)16(15)12-6-5-7-13(10-12)22(25)26/h5-10,15-16H,4H2,1-3H3. The molecule has 0 fully saturated rings. The third-order valence-electron chi connectivity index (χ3n) is 4.65. The van der Waals surface area contributed by atoms with Crippen LogP contribution in [0.1, 0.15) is 30.9 Å². The fourth-order valence-corrected chi connectivity index (χ4v) is 3.43. The first-order valence-electron chi connectivity index (χ1n) is 8.50. The molecule has 1 aromatic carbocycles. The third-order valence-corrected chi connectivity index (χ3v) is 4.65. The number of aryl methyl sites for hydroxylation is 1. The molecule has 0 spiro atoms. The number of carbonyl (C=O) groups excluding carboxylic acids is 1. The summed E-state index contributed by atoms with van der Waals surface area (Å²) in [5.41, 5.74) is 1.41. The van der Waals surface area contributed by atoms with Gasteiger partial charge >= 0.3 is 5.97 Å². The van der Waals surface area contributed by atoms with Gasteiger partial charge in [-0.25, -0.2) is 0 Å². The number of carbonyl (C=O) groups is 1. The summed E-state index contributed by atoms with van der Waals surface area (Å²) in [4.78, 5) is 40.7. The van der Waals surface area contributed by atoms with E-state index in [1.807, 2.05) is 0 Å². The van der Waals surface area contributed by atoms with Gasteiger partial charge in [0.2, 0.25) is 0 Å². The van der Waals surface area contributed by atoms with E-state index in [1.165, 1.54) is 16.7 Å². The number of rotatable bonds is 4. The number of ether oxygens (including phenoxy) is 1. The highest BCUT2D eigenvalue weighted by atomic mass is 16.6. The molecule has 1 aromatic heterocycles. The topological polar surface area (TPSA) is 104 Å². The molecular weight excluding hydrogens is 350 g/mol. The number of benzene rings is 1. The molecule has 0 saturated heterocycles. The fraction of sp³-hybridized carbons (Fsp3) is 0.316. The van der Waals surface area contributed by atoms with Crippen molar-refractivity contribution in [2.24, 2.45) is 18.0 Å². The SMILES string of the molecule is CCOC(=O)C1C(C)=Nc2ccn(C)c(=O)c2C1c1cccc([N+](=O)[O-])c1. The molecule has 2 aromatic rings. The summed E-state index contributed by atoms with van der Waals surface area (Å²) >= 11 is 0. The summed E-state index contributed by atoms with van der Waals surface area (Å²) in [5.74, 6) is -2.04. The molecular formula is C19H19N3O5. The highest BCUT2D eigenvalue weighted by molar-refractivity contribution is 6.05. The quantitative estimate of drug-likeness (QED) is 0.468. The number of nitro benzene ring substituents is 1. The maximum atomic E-state index is 12.9. The van der Waals surface area contributed by atoms with Crippen LogP contribution in [0.3, 0.4) is 0 Å². The second-order valence-electron chi connectivity index (χ2n) is 6.34. The summed E-state index contributed by atoms with van der Waals surface area (Å²) in [6, 6.07) is 7.69. The van der Waals surface area contributed by atoms with Crippen molar-refractivity contribution in [3.05, 3.63) is 68.1 Å². The predicted molar refractivity (Wildman–Crippen MR) is 99.5 cm³/mol. The van der Waals surface area contributed by atoms with Crippen molar-refractivity contribution in [2.75, 3.05) is 6.61 Å². The van der Waals surface area contributed by atoms with E-state index in [9.17, 15) is 19.7 Å². The second kappa shape index (κ2) is 7.14. The van der Waals surface area contributed by atoms with Crippen molar-refractivity contribution in [1.82, 2.24) is 4.57 Å². The smallest absolute Gasteiger partial charge is 0.315 e. The van der Waals surface area contributed by atoms with Crippen LogP contribution < -0.4 is 5.56 Å². The highest BCUT2D eigenvalue weighted by Gasteiger charge is 2.40. The largest absolute Gasteiger partial charge is 0.465 e. The van der Waals surface area contributed by atoms with E-state index < -0.39 is 22.7 Å². The van der Waals surface area contributed by atoms with Gasteiger partial charge in [0.1, 0.15) is 5.92 Å². The molecule has 0 radical (unpaired) electrons. The Labute approximate surface area is 155 Å². The summed E-state index contributed by atoms with van der Waals surface area (Å²) < 4.78 is 6.61. The Morgan fingerprint density at radius 2 is 2.11 bits per heavy atom. The highest BCUT2D eigenvalue weighted by Crippen LogP contribution is 2.41.